The van der Waals surface area contributed by atoms with Gasteiger partial charge < -0.3 is 30.3 Å². The largest absolute Gasteiger partial charge is 0.394 e. The van der Waals surface area contributed by atoms with Gasteiger partial charge in [0.15, 0.2) is 12.1 Å². The minimum Gasteiger partial charge on any atom is -0.394 e. The van der Waals surface area contributed by atoms with Crippen LogP contribution < -0.4 is 5.32 Å². The molecule has 0 aliphatic carbocycles. The summed E-state index contributed by atoms with van der Waals surface area (Å²) in [6.07, 6.45) is -0.771. The Hall–Kier alpha value is -2.24. The van der Waals surface area contributed by atoms with Gasteiger partial charge in [0, 0.05) is 18.0 Å². The first-order valence-corrected chi connectivity index (χ1v) is 7.94. The van der Waals surface area contributed by atoms with E-state index in [9.17, 15) is 15.3 Å². The summed E-state index contributed by atoms with van der Waals surface area (Å²) in [5, 5.41) is 35.8. The van der Waals surface area contributed by atoms with Gasteiger partial charge in [-0.05, 0) is 12.0 Å². The smallest absolute Gasteiger partial charge is 0.161 e. The van der Waals surface area contributed by atoms with Gasteiger partial charge >= 0.3 is 0 Å². The van der Waals surface area contributed by atoms with Crippen molar-refractivity contribution >= 4 is 18.5 Å². The van der Waals surface area contributed by atoms with Gasteiger partial charge in [-0.3, -0.25) is 9.98 Å². The highest BCUT2D eigenvalue weighted by atomic mass is 16.6. The molecule has 0 saturated carbocycles. The molecular weight excluding hydrogens is 332 g/mol. The van der Waals surface area contributed by atoms with Crippen LogP contribution in [0.5, 0.6) is 0 Å². The highest BCUT2D eigenvalue weighted by Gasteiger charge is 2.49. The third-order valence-electron chi connectivity index (χ3n) is 4.25. The molecular formula is C13H20N8O4. The topological polar surface area (TPSA) is 171 Å². The summed E-state index contributed by atoms with van der Waals surface area (Å²) >= 11 is 0. The predicted molar refractivity (Wildman–Crippen MR) is 88.2 cm³/mol. The zero-order chi connectivity index (χ0) is 17.8. The van der Waals surface area contributed by atoms with Crippen LogP contribution in [0, 0.1) is 0 Å². The van der Waals surface area contributed by atoms with E-state index in [2.05, 4.69) is 30.3 Å². The predicted octanol–water partition coefficient (Wildman–Crippen LogP) is -1.81. The molecule has 25 heavy (non-hydrogen) atoms. The number of nitrogens with zero attached hydrogens (tertiary/aromatic N) is 7. The van der Waals surface area contributed by atoms with Crippen LogP contribution in [0.15, 0.2) is 20.1 Å². The zero-order valence-corrected chi connectivity index (χ0v) is 13.3. The molecule has 6 atom stereocenters. The Morgan fingerprint density at radius 3 is 2.92 bits per heavy atom. The number of nitrogens with one attached hydrogen (secondary N) is 1. The van der Waals surface area contributed by atoms with Crippen molar-refractivity contribution in [2.75, 3.05) is 19.7 Å². The van der Waals surface area contributed by atoms with Crippen molar-refractivity contribution in [3.05, 3.63) is 10.4 Å². The zero-order valence-electron chi connectivity index (χ0n) is 13.3. The highest BCUT2D eigenvalue weighted by Crippen LogP contribution is 2.28. The van der Waals surface area contributed by atoms with E-state index in [1.54, 1.807) is 4.90 Å². The van der Waals surface area contributed by atoms with Gasteiger partial charge in [0.05, 0.1) is 19.3 Å². The summed E-state index contributed by atoms with van der Waals surface area (Å²) in [5.41, 5.74) is 8.25. The van der Waals surface area contributed by atoms with Crippen molar-refractivity contribution in [3.8, 4) is 0 Å². The number of rotatable bonds is 6. The lowest BCUT2D eigenvalue weighted by molar-refractivity contribution is -0.0801. The monoisotopic (exact) mass is 352 g/mol. The molecule has 3 aliphatic heterocycles. The maximum absolute atomic E-state index is 10.2. The Kier molecular flexibility index (Phi) is 5.46. The Bertz CT molecular complexity index is 619. The van der Waals surface area contributed by atoms with Crippen molar-refractivity contribution < 1.29 is 20.1 Å². The number of hydrogen-bond donors (Lipinski definition) is 4. The number of fused-ring (bicyclic) bond motifs is 1. The van der Waals surface area contributed by atoms with Crippen LogP contribution in [0.3, 0.4) is 0 Å². The van der Waals surface area contributed by atoms with Gasteiger partial charge in [-0.25, -0.2) is 4.99 Å². The van der Waals surface area contributed by atoms with Gasteiger partial charge in [0.1, 0.15) is 30.5 Å². The lowest BCUT2D eigenvalue weighted by Crippen LogP contribution is -2.57. The van der Waals surface area contributed by atoms with Crippen LogP contribution in [0.2, 0.25) is 0 Å². The normalized spacial score (nSPS) is 37.9. The molecule has 0 aromatic carbocycles. The molecule has 12 heteroatoms. The molecule has 0 radical (unpaired) electrons. The second-order valence-corrected chi connectivity index (χ2v) is 5.80. The molecule has 0 spiro atoms. The minimum absolute atomic E-state index is 0.362. The Balaban J connectivity index is 1.66. The molecule has 3 aliphatic rings. The van der Waals surface area contributed by atoms with E-state index in [1.807, 2.05) is 0 Å². The van der Waals surface area contributed by atoms with Gasteiger partial charge in [0.25, 0.3) is 0 Å². The van der Waals surface area contributed by atoms with Gasteiger partial charge in [-0.2, -0.15) is 0 Å². The Morgan fingerprint density at radius 2 is 2.20 bits per heavy atom. The fraction of sp³-hybridized carbons (Fsp3) is 0.769. The molecule has 0 bridgehead atoms. The highest BCUT2D eigenvalue weighted by molar-refractivity contribution is 5.98. The first-order chi connectivity index (χ1) is 12.2. The first kappa shape index (κ1) is 17.6. The van der Waals surface area contributed by atoms with Crippen LogP contribution in [0.25, 0.3) is 10.4 Å². The van der Waals surface area contributed by atoms with Crippen LogP contribution in [0.4, 0.5) is 0 Å². The molecule has 3 rings (SSSR count). The Labute approximate surface area is 143 Å². The second-order valence-electron chi connectivity index (χ2n) is 5.80. The minimum atomic E-state index is -1.17. The molecule has 12 nitrogen and oxygen atoms in total. The summed E-state index contributed by atoms with van der Waals surface area (Å²) in [5.74, 6) is 0.523. The van der Waals surface area contributed by atoms with E-state index in [1.165, 1.54) is 12.7 Å². The van der Waals surface area contributed by atoms with E-state index in [4.69, 9.17) is 10.3 Å². The van der Waals surface area contributed by atoms with Crippen LogP contribution in [0.1, 0.15) is 6.42 Å². The van der Waals surface area contributed by atoms with Crippen LogP contribution >= 0.6 is 0 Å². The molecule has 0 amide bonds. The standard InChI is InChI=1S/C13H20N8O4/c14-20-19-3-1-2-15-11-8-12(17-5-16-11)21(6-18-8)13-10(24)9(23)7(4-22)25-13/h5-10,12-13,22-24H,1-4H2,(H,15,16,17)/t7-,8?,9-,10-,12?,13-/m1/s1. The third kappa shape index (κ3) is 3.43. The number of azide groups is 1. The van der Waals surface area contributed by atoms with Crippen LogP contribution in [-0.2, 0) is 4.74 Å². The van der Waals surface area contributed by atoms with Crippen molar-refractivity contribution in [1.29, 1.82) is 0 Å². The van der Waals surface area contributed by atoms with Crippen molar-refractivity contribution in [3.63, 3.8) is 0 Å². The van der Waals surface area contributed by atoms with Gasteiger partial charge in [-0.15, -0.1) is 0 Å². The van der Waals surface area contributed by atoms with E-state index < -0.39 is 24.5 Å². The van der Waals surface area contributed by atoms with E-state index >= 15 is 0 Å². The SMILES string of the molecule is [N-]=[N+]=NCCCN=C1N=CNC2C1N=CN2[C@@H]1O[C@H](CO)[C@@H](O)[C@H]1O. The molecule has 0 aromatic heterocycles. The maximum atomic E-state index is 10.2. The molecule has 2 unspecified atom stereocenters. The van der Waals surface area contributed by atoms with Crippen molar-refractivity contribution in [1.82, 2.24) is 10.2 Å². The number of ether oxygens (including phenoxy) is 1. The molecule has 4 N–H and O–H groups in total. The average Bonchev–Trinajstić information content (AvgIpc) is 3.17. The molecule has 136 valence electrons. The molecule has 1 saturated heterocycles. The molecule has 3 heterocycles. The summed E-state index contributed by atoms with van der Waals surface area (Å²) in [4.78, 5) is 17.3. The molecule has 0 aromatic rings. The quantitative estimate of drug-likeness (QED) is 0.190. The van der Waals surface area contributed by atoms with Crippen LogP contribution in [-0.4, -0.2) is 95.2 Å². The lowest BCUT2D eigenvalue weighted by atomic mass is 10.1. The number of aliphatic hydroxyl groups is 3. The fourth-order valence-corrected chi connectivity index (χ4v) is 2.97. The lowest BCUT2D eigenvalue weighted by Gasteiger charge is -2.34. The van der Waals surface area contributed by atoms with E-state index in [0.717, 1.165) is 0 Å². The number of amidine groups is 1. The number of aliphatic hydroxyl groups excluding tert-OH is 3. The summed E-state index contributed by atoms with van der Waals surface area (Å²) < 4.78 is 5.54. The second kappa shape index (κ2) is 7.76. The fourth-order valence-electron chi connectivity index (χ4n) is 2.97. The number of aliphatic imine (C=N–C) groups is 3. The molecule has 1 fully saturated rings. The van der Waals surface area contributed by atoms with Gasteiger partial charge in [-0.1, -0.05) is 5.11 Å². The van der Waals surface area contributed by atoms with Gasteiger partial charge in [0.2, 0.25) is 0 Å². The third-order valence-corrected chi connectivity index (χ3v) is 4.25. The first-order valence-electron chi connectivity index (χ1n) is 7.94. The van der Waals surface area contributed by atoms with E-state index in [0.29, 0.717) is 25.3 Å². The Morgan fingerprint density at radius 1 is 1.36 bits per heavy atom. The average molecular weight is 352 g/mol. The van der Waals surface area contributed by atoms with Crippen molar-refractivity contribution in [2.45, 2.75) is 43.2 Å². The summed E-state index contributed by atoms with van der Waals surface area (Å²) in [6, 6.07) is -0.384. The number of hydrogen-bond acceptors (Lipinski definition) is 9. The maximum Gasteiger partial charge on any atom is 0.161 e. The summed E-state index contributed by atoms with van der Waals surface area (Å²) in [7, 11) is 0. The van der Waals surface area contributed by atoms with E-state index in [-0.39, 0.29) is 18.8 Å². The summed E-state index contributed by atoms with van der Waals surface area (Å²) in [6.45, 7) is 0.431. The van der Waals surface area contributed by atoms with Crippen molar-refractivity contribution in [2.24, 2.45) is 20.1 Å².